The second-order valence-electron chi connectivity index (χ2n) is 4.16. The van der Waals surface area contributed by atoms with Crippen LogP contribution in [-0.4, -0.2) is 38.8 Å². The lowest BCUT2D eigenvalue weighted by Crippen LogP contribution is -2.52. The van der Waals surface area contributed by atoms with Gasteiger partial charge in [-0.15, -0.1) is 0 Å². The molecule has 0 radical (unpaired) electrons. The largest absolute Gasteiger partial charge is 0.283 e. The third kappa shape index (κ3) is 3.45. The molecule has 94 valence electrons. The maximum Gasteiger partial charge on any atom is 0.264 e. The lowest BCUT2D eigenvalue weighted by molar-refractivity contribution is 0.0173. The summed E-state index contributed by atoms with van der Waals surface area (Å²) in [6, 6.07) is 9.88. The van der Waals surface area contributed by atoms with Gasteiger partial charge in [-0.05, 0) is 5.56 Å². The smallest absolute Gasteiger partial charge is 0.264 e. The van der Waals surface area contributed by atoms with E-state index in [-0.39, 0.29) is 11.5 Å². The van der Waals surface area contributed by atoms with Crippen LogP contribution in [-0.2, 0) is 14.3 Å². The highest BCUT2D eigenvalue weighted by atomic mass is 32.2. The Morgan fingerprint density at radius 1 is 1.35 bits per heavy atom. The van der Waals surface area contributed by atoms with Gasteiger partial charge in [0.2, 0.25) is 0 Å². The number of nitrogens with zero attached hydrogens (tertiary/aromatic N) is 1. The van der Waals surface area contributed by atoms with Gasteiger partial charge in [0.1, 0.15) is 6.10 Å². The Balaban J connectivity index is 1.88. The Morgan fingerprint density at radius 3 is 2.47 bits per heavy atom. The van der Waals surface area contributed by atoms with E-state index in [1.165, 1.54) is 0 Å². The minimum atomic E-state index is -3.35. The molecule has 0 saturated carbocycles. The van der Waals surface area contributed by atoms with E-state index in [0.717, 1.165) is 11.8 Å². The van der Waals surface area contributed by atoms with E-state index in [1.807, 2.05) is 30.3 Å². The van der Waals surface area contributed by atoms with Crippen molar-refractivity contribution < 1.29 is 12.6 Å². The van der Waals surface area contributed by atoms with E-state index >= 15 is 0 Å². The third-order valence-corrected chi connectivity index (χ3v) is 3.88. The van der Waals surface area contributed by atoms with Crippen LogP contribution in [0.25, 0.3) is 0 Å². The van der Waals surface area contributed by atoms with Gasteiger partial charge in [-0.25, -0.2) is 0 Å². The monoisotopic (exact) mass is 273 g/mol. The molecule has 17 heavy (non-hydrogen) atoms. The highest BCUT2D eigenvalue weighted by Gasteiger charge is 2.34. The van der Waals surface area contributed by atoms with E-state index in [1.54, 1.807) is 0 Å². The average molecular weight is 273 g/mol. The van der Waals surface area contributed by atoms with Crippen molar-refractivity contribution in [1.29, 1.82) is 0 Å². The molecule has 0 aromatic heterocycles. The van der Waals surface area contributed by atoms with Gasteiger partial charge in [0.15, 0.2) is 0 Å². The molecule has 1 saturated heterocycles. The Morgan fingerprint density at radius 2 is 1.94 bits per heavy atom. The lowest BCUT2D eigenvalue weighted by Gasteiger charge is -2.41. The minimum Gasteiger partial charge on any atom is -0.283 e. The van der Waals surface area contributed by atoms with Gasteiger partial charge in [-0.2, -0.15) is 21.0 Å². The van der Waals surface area contributed by atoms with Crippen LogP contribution in [0.5, 0.6) is 0 Å². The normalized spacial score (nSPS) is 19.9. The summed E-state index contributed by atoms with van der Waals surface area (Å²) in [5, 5.41) is -0.00406. The molecule has 1 aromatic rings. The van der Waals surface area contributed by atoms with Crippen molar-refractivity contribution in [2.24, 2.45) is 0 Å². The van der Waals surface area contributed by atoms with Gasteiger partial charge in [0.25, 0.3) is 10.1 Å². The molecule has 0 spiro atoms. The first-order valence-electron chi connectivity index (χ1n) is 5.31. The van der Waals surface area contributed by atoms with Gasteiger partial charge in [-0.3, -0.25) is 9.08 Å². The fraction of sp³-hybridized carbons (Fsp3) is 0.455. The zero-order chi connectivity index (χ0) is 12.5. The second kappa shape index (κ2) is 4.97. The van der Waals surface area contributed by atoms with E-state index < -0.39 is 10.1 Å². The number of rotatable bonds is 4. The van der Waals surface area contributed by atoms with Crippen molar-refractivity contribution >= 4 is 22.7 Å². The van der Waals surface area contributed by atoms with Crippen LogP contribution in [0, 0.1) is 0 Å². The zero-order valence-corrected chi connectivity index (χ0v) is 11.2. The first-order valence-corrected chi connectivity index (χ1v) is 7.64. The zero-order valence-electron chi connectivity index (χ0n) is 9.48. The molecule has 1 aliphatic rings. The quantitative estimate of drug-likeness (QED) is 0.663. The predicted molar refractivity (Wildman–Crippen MR) is 69.5 cm³/mol. The molecule has 1 heterocycles. The molecule has 6 heteroatoms. The molecule has 1 aliphatic heterocycles. The lowest BCUT2D eigenvalue weighted by atomic mass is 10.1. The molecule has 1 atom stereocenters. The average Bonchev–Trinajstić information content (AvgIpc) is 2.22. The Hall–Kier alpha value is -0.560. The second-order valence-corrected chi connectivity index (χ2v) is 6.25. The maximum absolute atomic E-state index is 10.9. The van der Waals surface area contributed by atoms with Crippen LogP contribution in [0.2, 0.25) is 0 Å². The molecule has 1 aromatic carbocycles. The SMILES string of the molecule is CS(=O)(=O)OC1CN(C(S)c2ccccc2)C1. The van der Waals surface area contributed by atoms with Crippen molar-refractivity contribution in [1.82, 2.24) is 4.90 Å². The molecule has 1 unspecified atom stereocenters. The van der Waals surface area contributed by atoms with E-state index in [4.69, 9.17) is 4.18 Å². The third-order valence-electron chi connectivity index (χ3n) is 2.63. The van der Waals surface area contributed by atoms with Crippen LogP contribution in [0.4, 0.5) is 0 Å². The van der Waals surface area contributed by atoms with Gasteiger partial charge < -0.3 is 0 Å². The maximum atomic E-state index is 10.9. The van der Waals surface area contributed by atoms with Crippen molar-refractivity contribution in [3.8, 4) is 0 Å². The fourth-order valence-corrected chi connectivity index (χ4v) is 2.79. The first kappa shape index (κ1) is 12.9. The number of likely N-dealkylation sites (tertiary alicyclic amines) is 1. The summed E-state index contributed by atoms with van der Waals surface area (Å²) in [5.74, 6) is 0. The van der Waals surface area contributed by atoms with Gasteiger partial charge in [0.05, 0.1) is 11.6 Å². The van der Waals surface area contributed by atoms with Gasteiger partial charge >= 0.3 is 0 Å². The summed E-state index contributed by atoms with van der Waals surface area (Å²) in [6.07, 6.45) is 0.841. The molecule has 2 rings (SSSR count). The summed E-state index contributed by atoms with van der Waals surface area (Å²) in [6.45, 7) is 1.19. The van der Waals surface area contributed by atoms with E-state index in [2.05, 4.69) is 17.5 Å². The van der Waals surface area contributed by atoms with Crippen LogP contribution in [0.15, 0.2) is 30.3 Å². The van der Waals surface area contributed by atoms with E-state index in [9.17, 15) is 8.42 Å². The highest BCUT2D eigenvalue weighted by Crippen LogP contribution is 2.30. The van der Waals surface area contributed by atoms with Crippen LogP contribution in [0.1, 0.15) is 10.9 Å². The minimum absolute atomic E-state index is 0.00406. The fourth-order valence-electron chi connectivity index (χ4n) is 1.81. The van der Waals surface area contributed by atoms with Gasteiger partial charge in [0, 0.05) is 13.1 Å². The molecule has 4 nitrogen and oxygen atoms in total. The van der Waals surface area contributed by atoms with Gasteiger partial charge in [-0.1, -0.05) is 30.3 Å². The van der Waals surface area contributed by atoms with Crippen LogP contribution < -0.4 is 0 Å². The Bertz CT molecular complexity index is 469. The molecule has 1 fully saturated rings. The number of thiol groups is 1. The first-order chi connectivity index (χ1) is 7.96. The summed E-state index contributed by atoms with van der Waals surface area (Å²) in [7, 11) is -3.35. The summed E-state index contributed by atoms with van der Waals surface area (Å²) < 4.78 is 26.7. The molecule has 0 bridgehead atoms. The van der Waals surface area contributed by atoms with Crippen molar-refractivity contribution in [3.63, 3.8) is 0 Å². The summed E-state index contributed by atoms with van der Waals surface area (Å²) in [5.41, 5.74) is 1.11. The standard InChI is InChI=1S/C11H15NO3S2/c1-17(13,14)15-10-7-12(8-10)11(16)9-5-3-2-4-6-9/h2-6,10-11,16H,7-8H2,1H3. The number of hydrogen-bond donors (Lipinski definition) is 1. The molecule has 0 amide bonds. The number of hydrogen-bond acceptors (Lipinski definition) is 5. The topological polar surface area (TPSA) is 46.6 Å². The van der Waals surface area contributed by atoms with E-state index in [0.29, 0.717) is 13.1 Å². The van der Waals surface area contributed by atoms with Crippen LogP contribution >= 0.6 is 12.6 Å². The van der Waals surface area contributed by atoms with Crippen molar-refractivity contribution in [2.45, 2.75) is 11.5 Å². The molecular formula is C11H15NO3S2. The summed E-state index contributed by atoms with van der Waals surface area (Å²) >= 11 is 4.52. The van der Waals surface area contributed by atoms with Crippen molar-refractivity contribution in [2.75, 3.05) is 19.3 Å². The summed E-state index contributed by atoms with van der Waals surface area (Å²) in [4.78, 5) is 2.06. The molecule has 0 N–H and O–H groups in total. The van der Waals surface area contributed by atoms with Crippen LogP contribution in [0.3, 0.4) is 0 Å². The Labute approximate surface area is 107 Å². The number of benzene rings is 1. The Kier molecular flexibility index (Phi) is 3.77. The molecule has 0 aliphatic carbocycles. The van der Waals surface area contributed by atoms with Crippen molar-refractivity contribution in [3.05, 3.63) is 35.9 Å². The highest BCUT2D eigenvalue weighted by molar-refractivity contribution is 7.86. The predicted octanol–water partition coefficient (Wildman–Crippen LogP) is 1.28. The molecular weight excluding hydrogens is 258 g/mol.